The van der Waals surface area contributed by atoms with Crippen LogP contribution in [-0.2, 0) is 4.79 Å². The van der Waals surface area contributed by atoms with E-state index in [1.165, 1.54) is 14.0 Å². The van der Waals surface area contributed by atoms with Crippen LogP contribution in [0.1, 0.15) is 17.4 Å². The molecule has 2 heterocycles. The highest BCUT2D eigenvalue weighted by Crippen LogP contribution is 2.29. The number of carbonyl (C=O) groups is 2. The molecule has 0 aliphatic carbocycles. The van der Waals surface area contributed by atoms with Crippen LogP contribution in [0.25, 0.3) is 17.1 Å². The molecule has 0 saturated carbocycles. The first-order valence-electron chi connectivity index (χ1n) is 9.61. The molecule has 32 heavy (non-hydrogen) atoms. The Morgan fingerprint density at radius 1 is 1.06 bits per heavy atom. The number of anilines is 2. The molecule has 0 aliphatic rings. The van der Waals surface area contributed by atoms with Gasteiger partial charge in [-0.3, -0.25) is 9.59 Å². The van der Waals surface area contributed by atoms with Gasteiger partial charge in [-0.1, -0.05) is 11.6 Å². The van der Waals surface area contributed by atoms with E-state index in [9.17, 15) is 9.59 Å². The Kier molecular flexibility index (Phi) is 5.96. The van der Waals surface area contributed by atoms with Gasteiger partial charge in [-0.2, -0.15) is 5.10 Å². The Balaban J connectivity index is 1.67. The maximum atomic E-state index is 13.0. The zero-order valence-electron chi connectivity index (χ0n) is 17.3. The molecule has 8 nitrogen and oxygen atoms in total. The Bertz CT molecular complexity index is 1260. The number of carbonyl (C=O) groups excluding carboxylic acids is 2. The summed E-state index contributed by atoms with van der Waals surface area (Å²) in [4.78, 5) is 24.4. The van der Waals surface area contributed by atoms with Crippen molar-refractivity contribution < 1.29 is 18.7 Å². The molecule has 2 aromatic carbocycles. The summed E-state index contributed by atoms with van der Waals surface area (Å²) in [5.41, 5.74) is 2.43. The lowest BCUT2D eigenvalue weighted by atomic mass is 10.2. The minimum Gasteiger partial charge on any atom is -0.495 e. The average molecular weight is 451 g/mol. The number of methoxy groups -OCH3 is 1. The molecule has 0 unspecified atom stereocenters. The summed E-state index contributed by atoms with van der Waals surface area (Å²) in [7, 11) is 1.50. The normalized spacial score (nSPS) is 10.6. The number of benzene rings is 2. The van der Waals surface area contributed by atoms with E-state index >= 15 is 0 Å². The van der Waals surface area contributed by atoms with Crippen molar-refractivity contribution in [2.75, 3.05) is 17.7 Å². The van der Waals surface area contributed by atoms with E-state index in [-0.39, 0.29) is 11.6 Å². The van der Waals surface area contributed by atoms with E-state index in [4.69, 9.17) is 20.8 Å². The van der Waals surface area contributed by atoms with E-state index in [0.29, 0.717) is 33.6 Å². The molecule has 0 fully saturated rings. The van der Waals surface area contributed by atoms with Gasteiger partial charge >= 0.3 is 0 Å². The predicted molar refractivity (Wildman–Crippen MR) is 122 cm³/mol. The van der Waals surface area contributed by atoms with Crippen molar-refractivity contribution in [2.45, 2.75) is 6.92 Å². The highest BCUT2D eigenvalue weighted by molar-refractivity contribution is 6.30. The summed E-state index contributed by atoms with van der Waals surface area (Å²) in [5.74, 6) is 0.357. The number of rotatable bonds is 6. The minimum atomic E-state index is -0.426. The van der Waals surface area contributed by atoms with E-state index < -0.39 is 5.91 Å². The fourth-order valence-electron chi connectivity index (χ4n) is 3.14. The molecule has 2 amide bonds. The smallest absolute Gasteiger partial charge is 0.276 e. The Morgan fingerprint density at radius 3 is 2.50 bits per heavy atom. The molecule has 0 atom stereocenters. The van der Waals surface area contributed by atoms with Crippen molar-refractivity contribution >= 4 is 34.8 Å². The number of hydrogen-bond acceptors (Lipinski definition) is 5. The second kappa shape index (κ2) is 8.99. The average Bonchev–Trinajstić information content (AvgIpc) is 3.44. The Morgan fingerprint density at radius 2 is 1.84 bits per heavy atom. The summed E-state index contributed by atoms with van der Waals surface area (Å²) in [5, 5.41) is 10.5. The number of furan rings is 1. The molecule has 4 rings (SSSR count). The zero-order valence-corrected chi connectivity index (χ0v) is 18.0. The summed E-state index contributed by atoms with van der Waals surface area (Å²) >= 11 is 6.00. The van der Waals surface area contributed by atoms with Gasteiger partial charge in [0.05, 0.1) is 24.7 Å². The van der Waals surface area contributed by atoms with Crippen molar-refractivity contribution in [1.29, 1.82) is 0 Å². The highest BCUT2D eigenvalue weighted by atomic mass is 35.5. The molecule has 162 valence electrons. The lowest BCUT2D eigenvalue weighted by Gasteiger charge is -2.11. The highest BCUT2D eigenvalue weighted by Gasteiger charge is 2.19. The number of halogens is 1. The first kappa shape index (κ1) is 21.2. The van der Waals surface area contributed by atoms with E-state index in [0.717, 1.165) is 5.69 Å². The van der Waals surface area contributed by atoms with E-state index in [1.807, 2.05) is 0 Å². The van der Waals surface area contributed by atoms with Crippen LogP contribution in [0, 0.1) is 0 Å². The fraction of sp³-hybridized carbons (Fsp3) is 0.0870. The Labute approximate surface area is 188 Å². The summed E-state index contributed by atoms with van der Waals surface area (Å²) in [6.45, 7) is 1.39. The molecular formula is C23H19ClN4O4. The molecule has 9 heteroatoms. The molecule has 2 aromatic heterocycles. The van der Waals surface area contributed by atoms with Crippen LogP contribution >= 0.6 is 11.6 Å². The van der Waals surface area contributed by atoms with Crippen molar-refractivity contribution in [3.05, 3.63) is 77.6 Å². The van der Waals surface area contributed by atoms with Crippen LogP contribution in [0.4, 0.5) is 11.4 Å². The number of amides is 2. The number of ether oxygens (including phenoxy) is 1. The van der Waals surface area contributed by atoms with Gasteiger partial charge in [0.1, 0.15) is 11.4 Å². The topological polar surface area (TPSA) is 98.4 Å². The molecule has 0 aliphatic heterocycles. The van der Waals surface area contributed by atoms with Crippen molar-refractivity contribution in [3.8, 4) is 22.9 Å². The molecule has 0 bridgehead atoms. The maximum absolute atomic E-state index is 13.0. The first-order valence-corrected chi connectivity index (χ1v) is 9.99. The van der Waals surface area contributed by atoms with E-state index in [1.54, 1.807) is 71.6 Å². The number of nitrogens with one attached hydrogen (secondary N) is 2. The SMILES string of the molecule is COc1ccc(NC(=O)c2cc(-c3ccco3)n(-c3ccc(Cl)cc3)n2)cc1NC(C)=O. The standard InChI is InChI=1S/C23H19ClN4O4/c1-14(29)25-18-12-16(7-10-21(18)31-2)26-23(30)19-13-20(22-4-3-11-32-22)28(27-19)17-8-5-15(24)6-9-17/h3-13H,1-2H3,(H,25,29)(H,26,30). The second-order valence-corrected chi connectivity index (χ2v) is 7.27. The second-order valence-electron chi connectivity index (χ2n) is 6.83. The lowest BCUT2D eigenvalue weighted by Crippen LogP contribution is -2.14. The number of aromatic nitrogens is 2. The molecular weight excluding hydrogens is 432 g/mol. The molecule has 0 radical (unpaired) electrons. The summed E-state index contributed by atoms with van der Waals surface area (Å²) < 4.78 is 12.4. The van der Waals surface area contributed by atoms with Gasteiger partial charge in [-0.05, 0) is 54.6 Å². The summed E-state index contributed by atoms with van der Waals surface area (Å²) in [6, 6.07) is 17.2. The van der Waals surface area contributed by atoms with E-state index in [2.05, 4.69) is 15.7 Å². The van der Waals surface area contributed by atoms with Gasteiger partial charge in [0.15, 0.2) is 11.5 Å². The van der Waals surface area contributed by atoms with Gasteiger partial charge < -0.3 is 19.8 Å². The van der Waals surface area contributed by atoms with Gasteiger partial charge in [0, 0.05) is 23.7 Å². The third-order valence-electron chi connectivity index (χ3n) is 4.55. The van der Waals surface area contributed by atoms with Gasteiger partial charge in [0.2, 0.25) is 5.91 Å². The maximum Gasteiger partial charge on any atom is 0.276 e. The zero-order chi connectivity index (χ0) is 22.7. The largest absolute Gasteiger partial charge is 0.495 e. The van der Waals surface area contributed by atoms with Crippen LogP contribution in [-0.4, -0.2) is 28.7 Å². The number of hydrogen-bond donors (Lipinski definition) is 2. The molecule has 0 saturated heterocycles. The monoisotopic (exact) mass is 450 g/mol. The lowest BCUT2D eigenvalue weighted by molar-refractivity contribution is -0.114. The van der Waals surface area contributed by atoms with Gasteiger partial charge in [-0.25, -0.2) is 4.68 Å². The quantitative estimate of drug-likeness (QED) is 0.430. The van der Waals surface area contributed by atoms with Gasteiger partial charge in [0.25, 0.3) is 5.91 Å². The Hall–Kier alpha value is -4.04. The van der Waals surface area contributed by atoms with Crippen LogP contribution in [0.15, 0.2) is 71.3 Å². The van der Waals surface area contributed by atoms with Crippen molar-refractivity contribution in [3.63, 3.8) is 0 Å². The number of nitrogens with zero attached hydrogens (tertiary/aromatic N) is 2. The van der Waals surface area contributed by atoms with Crippen LogP contribution in [0.5, 0.6) is 5.75 Å². The molecule has 0 spiro atoms. The molecule has 4 aromatic rings. The van der Waals surface area contributed by atoms with Crippen LogP contribution in [0.3, 0.4) is 0 Å². The van der Waals surface area contributed by atoms with Crippen LogP contribution in [0.2, 0.25) is 5.02 Å². The minimum absolute atomic E-state index is 0.184. The third kappa shape index (κ3) is 4.50. The molecule has 2 N–H and O–H groups in total. The van der Waals surface area contributed by atoms with Crippen LogP contribution < -0.4 is 15.4 Å². The first-order chi connectivity index (χ1) is 15.4. The summed E-state index contributed by atoms with van der Waals surface area (Å²) in [6.07, 6.45) is 1.55. The third-order valence-corrected chi connectivity index (χ3v) is 4.81. The van der Waals surface area contributed by atoms with Gasteiger partial charge in [-0.15, -0.1) is 0 Å². The fourth-order valence-corrected chi connectivity index (χ4v) is 3.27. The van der Waals surface area contributed by atoms with Crippen molar-refractivity contribution in [1.82, 2.24) is 9.78 Å². The van der Waals surface area contributed by atoms with Crippen molar-refractivity contribution in [2.24, 2.45) is 0 Å². The predicted octanol–water partition coefficient (Wildman–Crippen LogP) is 5.01.